The van der Waals surface area contributed by atoms with E-state index in [1.807, 2.05) is 31.2 Å². The highest BCUT2D eigenvalue weighted by Crippen LogP contribution is 2.11. The largest absolute Gasteiger partial charge is 0.497 e. The van der Waals surface area contributed by atoms with Crippen molar-refractivity contribution < 1.29 is 9.53 Å². The maximum absolute atomic E-state index is 12.0. The Morgan fingerprint density at radius 1 is 1.35 bits per heavy atom. The van der Waals surface area contributed by atoms with E-state index in [4.69, 9.17) is 4.74 Å². The third-order valence-electron chi connectivity index (χ3n) is 2.87. The van der Waals surface area contributed by atoms with E-state index in [1.54, 1.807) is 25.0 Å². The van der Waals surface area contributed by atoms with Crippen LogP contribution in [0.1, 0.15) is 21.6 Å². The number of carbonyl (C=O) groups is 1. The van der Waals surface area contributed by atoms with E-state index >= 15 is 0 Å². The molecule has 0 saturated heterocycles. The minimum atomic E-state index is -0.110. The average Bonchev–Trinajstić information content (AvgIpc) is 2.75. The lowest BCUT2D eigenvalue weighted by atomic mass is 10.2. The summed E-state index contributed by atoms with van der Waals surface area (Å²) in [5.74, 6) is 0.694. The van der Waals surface area contributed by atoms with Crippen LogP contribution in [0.2, 0.25) is 0 Å². The van der Waals surface area contributed by atoms with Crippen molar-refractivity contribution in [2.75, 3.05) is 7.11 Å². The smallest absolute Gasteiger partial charge is 0.255 e. The molecule has 1 heterocycles. The van der Waals surface area contributed by atoms with Crippen LogP contribution in [0.5, 0.6) is 5.75 Å². The second-order valence-corrected chi connectivity index (χ2v) is 4.33. The van der Waals surface area contributed by atoms with Gasteiger partial charge in [0, 0.05) is 19.8 Å². The Balaban J connectivity index is 0.00000200. The summed E-state index contributed by atoms with van der Waals surface area (Å²) in [4.78, 5) is 12.0. The van der Waals surface area contributed by atoms with E-state index in [2.05, 4.69) is 10.4 Å². The molecule has 0 spiro atoms. The molecular weight excluding hydrogens is 278 g/mol. The highest BCUT2D eigenvalue weighted by Gasteiger charge is 2.11. The number of aryl methyl sites for hydroxylation is 2. The Morgan fingerprint density at radius 2 is 2.00 bits per heavy atom. The van der Waals surface area contributed by atoms with Crippen LogP contribution in [0.3, 0.4) is 0 Å². The van der Waals surface area contributed by atoms with Gasteiger partial charge in [0.15, 0.2) is 0 Å². The number of rotatable bonds is 4. The molecule has 0 aliphatic rings. The van der Waals surface area contributed by atoms with E-state index in [0.29, 0.717) is 12.1 Å². The highest BCUT2D eigenvalue weighted by atomic mass is 35.5. The number of amides is 1. The first-order valence-corrected chi connectivity index (χ1v) is 6.01. The van der Waals surface area contributed by atoms with Gasteiger partial charge in [0.25, 0.3) is 5.91 Å². The van der Waals surface area contributed by atoms with Crippen molar-refractivity contribution in [1.29, 1.82) is 0 Å². The van der Waals surface area contributed by atoms with Crippen LogP contribution >= 0.6 is 12.4 Å². The summed E-state index contributed by atoms with van der Waals surface area (Å²) in [6.45, 7) is 2.31. The van der Waals surface area contributed by atoms with Crippen molar-refractivity contribution >= 4 is 18.3 Å². The molecule has 5 nitrogen and oxygen atoms in total. The lowest BCUT2D eigenvalue weighted by Crippen LogP contribution is -2.23. The molecule has 108 valence electrons. The van der Waals surface area contributed by atoms with Gasteiger partial charge in [-0.15, -0.1) is 12.4 Å². The van der Waals surface area contributed by atoms with Gasteiger partial charge in [-0.25, -0.2) is 0 Å². The third-order valence-corrected chi connectivity index (χ3v) is 2.87. The Morgan fingerprint density at radius 3 is 2.50 bits per heavy atom. The molecule has 1 amide bonds. The minimum Gasteiger partial charge on any atom is -0.497 e. The standard InChI is InChI=1S/C14H17N3O2.ClH/c1-10-13(9-17(2)16-10)14(18)15-8-11-4-6-12(19-3)7-5-11;/h4-7,9H,8H2,1-3H3,(H,15,18);1H. The molecule has 0 bridgehead atoms. The Labute approximate surface area is 124 Å². The van der Waals surface area contributed by atoms with Gasteiger partial charge in [-0.3, -0.25) is 9.48 Å². The average molecular weight is 296 g/mol. The molecule has 1 aromatic carbocycles. The fourth-order valence-electron chi connectivity index (χ4n) is 1.84. The molecule has 2 rings (SSSR count). The highest BCUT2D eigenvalue weighted by molar-refractivity contribution is 5.94. The number of benzene rings is 1. The number of carbonyl (C=O) groups excluding carboxylic acids is 1. The van der Waals surface area contributed by atoms with Crippen molar-refractivity contribution in [3.63, 3.8) is 0 Å². The number of halogens is 1. The normalized spacial score (nSPS) is 9.75. The predicted octanol–water partition coefficient (Wildman–Crippen LogP) is 2.09. The molecule has 0 aliphatic carbocycles. The van der Waals surface area contributed by atoms with Gasteiger partial charge < -0.3 is 10.1 Å². The van der Waals surface area contributed by atoms with E-state index < -0.39 is 0 Å². The topological polar surface area (TPSA) is 56.1 Å². The minimum absolute atomic E-state index is 0. The van der Waals surface area contributed by atoms with Gasteiger partial charge in [-0.2, -0.15) is 5.10 Å². The van der Waals surface area contributed by atoms with E-state index in [0.717, 1.165) is 17.0 Å². The second-order valence-electron chi connectivity index (χ2n) is 4.33. The van der Waals surface area contributed by atoms with Gasteiger partial charge in [-0.05, 0) is 24.6 Å². The zero-order valence-electron chi connectivity index (χ0n) is 11.7. The molecule has 0 fully saturated rings. The molecule has 0 unspecified atom stereocenters. The zero-order chi connectivity index (χ0) is 13.8. The van der Waals surface area contributed by atoms with Crippen LogP contribution in [0.15, 0.2) is 30.5 Å². The van der Waals surface area contributed by atoms with Crippen molar-refractivity contribution in [1.82, 2.24) is 15.1 Å². The lowest BCUT2D eigenvalue weighted by molar-refractivity contribution is 0.0950. The van der Waals surface area contributed by atoms with Crippen LogP contribution in [-0.2, 0) is 13.6 Å². The van der Waals surface area contributed by atoms with Crippen molar-refractivity contribution in [3.05, 3.63) is 47.3 Å². The van der Waals surface area contributed by atoms with E-state index in [1.165, 1.54) is 0 Å². The first kappa shape index (κ1) is 16.0. The SMILES string of the molecule is COc1ccc(CNC(=O)c2cn(C)nc2C)cc1.Cl. The Kier molecular flexibility index (Phi) is 5.58. The first-order valence-electron chi connectivity index (χ1n) is 6.01. The first-order chi connectivity index (χ1) is 9.10. The number of hydrogen-bond donors (Lipinski definition) is 1. The van der Waals surface area contributed by atoms with Gasteiger partial charge in [0.2, 0.25) is 0 Å². The summed E-state index contributed by atoms with van der Waals surface area (Å²) in [6.07, 6.45) is 1.72. The lowest BCUT2D eigenvalue weighted by Gasteiger charge is -2.05. The second kappa shape index (κ2) is 6.96. The molecule has 0 radical (unpaired) electrons. The molecule has 20 heavy (non-hydrogen) atoms. The number of ether oxygens (including phenoxy) is 1. The number of methoxy groups -OCH3 is 1. The Hall–Kier alpha value is -2.01. The maximum atomic E-state index is 12.0. The van der Waals surface area contributed by atoms with Crippen molar-refractivity contribution in [2.24, 2.45) is 7.05 Å². The van der Waals surface area contributed by atoms with Crippen molar-refractivity contribution in [2.45, 2.75) is 13.5 Å². The molecule has 1 N–H and O–H groups in total. The maximum Gasteiger partial charge on any atom is 0.255 e. The number of nitrogens with one attached hydrogen (secondary N) is 1. The zero-order valence-corrected chi connectivity index (χ0v) is 12.5. The quantitative estimate of drug-likeness (QED) is 0.940. The van der Waals surface area contributed by atoms with Crippen LogP contribution in [-0.4, -0.2) is 22.8 Å². The molecule has 0 saturated carbocycles. The van der Waals surface area contributed by atoms with Gasteiger partial charge in [-0.1, -0.05) is 12.1 Å². The summed E-state index contributed by atoms with van der Waals surface area (Å²) in [5.41, 5.74) is 2.36. The van der Waals surface area contributed by atoms with Crippen LogP contribution in [0, 0.1) is 6.92 Å². The number of aromatic nitrogens is 2. The Bertz CT molecular complexity index is 579. The third kappa shape index (κ3) is 3.74. The van der Waals surface area contributed by atoms with Crippen LogP contribution < -0.4 is 10.1 Å². The number of nitrogens with zero attached hydrogens (tertiary/aromatic N) is 2. The van der Waals surface area contributed by atoms with E-state index in [9.17, 15) is 4.79 Å². The van der Waals surface area contributed by atoms with Gasteiger partial charge >= 0.3 is 0 Å². The summed E-state index contributed by atoms with van der Waals surface area (Å²) in [5, 5.41) is 7.02. The van der Waals surface area contributed by atoms with Crippen LogP contribution in [0.4, 0.5) is 0 Å². The molecule has 0 aliphatic heterocycles. The molecule has 0 atom stereocenters. The summed E-state index contributed by atoms with van der Waals surface area (Å²) < 4.78 is 6.72. The molecule has 1 aromatic heterocycles. The fraction of sp³-hybridized carbons (Fsp3) is 0.286. The van der Waals surface area contributed by atoms with E-state index in [-0.39, 0.29) is 18.3 Å². The predicted molar refractivity (Wildman–Crippen MR) is 79.4 cm³/mol. The number of hydrogen-bond acceptors (Lipinski definition) is 3. The monoisotopic (exact) mass is 295 g/mol. The van der Waals surface area contributed by atoms with Gasteiger partial charge in [0.05, 0.1) is 18.4 Å². The molecule has 6 heteroatoms. The summed E-state index contributed by atoms with van der Waals surface area (Å²) in [7, 11) is 3.43. The fourth-order valence-corrected chi connectivity index (χ4v) is 1.84. The van der Waals surface area contributed by atoms with Gasteiger partial charge in [0.1, 0.15) is 5.75 Å². The summed E-state index contributed by atoms with van der Waals surface area (Å²) >= 11 is 0. The van der Waals surface area contributed by atoms with Crippen molar-refractivity contribution in [3.8, 4) is 5.75 Å². The molecular formula is C14H18ClN3O2. The summed E-state index contributed by atoms with van der Waals surface area (Å²) in [6, 6.07) is 7.60. The molecule has 2 aromatic rings. The van der Waals surface area contributed by atoms with Crippen LogP contribution in [0.25, 0.3) is 0 Å².